The van der Waals surface area contributed by atoms with Crippen LogP contribution in [0, 0.1) is 0 Å². The van der Waals surface area contributed by atoms with Crippen LogP contribution in [0.15, 0.2) is 71.3 Å². The number of para-hydroxylation sites is 2. The van der Waals surface area contributed by atoms with Crippen molar-refractivity contribution in [2.75, 3.05) is 19.5 Å². The van der Waals surface area contributed by atoms with Crippen molar-refractivity contribution in [2.45, 2.75) is 6.54 Å². The zero-order valence-electron chi connectivity index (χ0n) is 15.1. The van der Waals surface area contributed by atoms with Gasteiger partial charge in [0.2, 0.25) is 0 Å². The quantitative estimate of drug-likeness (QED) is 0.722. The van der Waals surface area contributed by atoms with E-state index in [0.29, 0.717) is 17.8 Å². The number of furan rings is 1. The minimum absolute atomic E-state index is 0.180. The van der Waals surface area contributed by atoms with Gasteiger partial charge in [0.1, 0.15) is 5.75 Å². The molecule has 0 atom stereocenters. The van der Waals surface area contributed by atoms with Crippen LogP contribution in [0.1, 0.15) is 26.5 Å². The maximum Gasteiger partial charge on any atom is 0.291 e. The molecule has 0 spiro atoms. The Hall–Kier alpha value is -3.54. The molecule has 3 rings (SSSR count). The molecule has 27 heavy (non-hydrogen) atoms. The van der Waals surface area contributed by atoms with E-state index in [-0.39, 0.29) is 11.7 Å². The molecular weight excluding hydrogens is 344 g/mol. The van der Waals surface area contributed by atoms with Gasteiger partial charge in [0, 0.05) is 19.2 Å². The Kier molecular flexibility index (Phi) is 5.56. The van der Waals surface area contributed by atoms with Crippen LogP contribution in [0.2, 0.25) is 0 Å². The van der Waals surface area contributed by atoms with Gasteiger partial charge >= 0.3 is 0 Å². The van der Waals surface area contributed by atoms with Crippen LogP contribution in [-0.2, 0) is 6.54 Å². The fourth-order valence-corrected chi connectivity index (χ4v) is 2.74. The van der Waals surface area contributed by atoms with Crippen molar-refractivity contribution in [1.82, 2.24) is 4.90 Å². The van der Waals surface area contributed by atoms with E-state index in [0.717, 1.165) is 11.3 Å². The van der Waals surface area contributed by atoms with Crippen molar-refractivity contribution >= 4 is 17.5 Å². The van der Waals surface area contributed by atoms with Crippen LogP contribution < -0.4 is 10.1 Å². The smallest absolute Gasteiger partial charge is 0.291 e. The first-order chi connectivity index (χ1) is 13.1. The molecule has 2 aromatic carbocycles. The van der Waals surface area contributed by atoms with Gasteiger partial charge in [-0.1, -0.05) is 30.3 Å². The molecule has 0 radical (unpaired) electrons. The van der Waals surface area contributed by atoms with Gasteiger partial charge in [-0.25, -0.2) is 0 Å². The third-order valence-electron chi connectivity index (χ3n) is 4.10. The molecule has 1 aromatic heterocycles. The number of carbonyl (C=O) groups is 2. The number of rotatable bonds is 6. The summed E-state index contributed by atoms with van der Waals surface area (Å²) in [6.45, 7) is 0.378. The first kappa shape index (κ1) is 18.3. The Morgan fingerprint density at radius 2 is 1.78 bits per heavy atom. The largest absolute Gasteiger partial charge is 0.496 e. The fourth-order valence-electron chi connectivity index (χ4n) is 2.74. The number of hydrogen-bond donors (Lipinski definition) is 1. The van der Waals surface area contributed by atoms with E-state index in [4.69, 9.17) is 9.15 Å². The van der Waals surface area contributed by atoms with E-state index in [2.05, 4.69) is 5.32 Å². The number of anilines is 1. The molecule has 0 aliphatic carbocycles. The highest BCUT2D eigenvalue weighted by Crippen LogP contribution is 2.22. The molecule has 3 aromatic rings. The molecule has 0 aliphatic heterocycles. The van der Waals surface area contributed by atoms with Crippen molar-refractivity contribution in [3.05, 3.63) is 83.8 Å². The summed E-state index contributed by atoms with van der Waals surface area (Å²) in [5.41, 5.74) is 1.72. The third-order valence-corrected chi connectivity index (χ3v) is 4.10. The van der Waals surface area contributed by atoms with Crippen molar-refractivity contribution in [2.24, 2.45) is 0 Å². The Morgan fingerprint density at radius 1 is 1.04 bits per heavy atom. The van der Waals surface area contributed by atoms with E-state index in [1.807, 2.05) is 24.3 Å². The summed E-state index contributed by atoms with van der Waals surface area (Å²) < 4.78 is 10.4. The zero-order chi connectivity index (χ0) is 19.2. The predicted molar refractivity (Wildman–Crippen MR) is 102 cm³/mol. The van der Waals surface area contributed by atoms with Gasteiger partial charge in [-0.05, 0) is 30.3 Å². The first-order valence-electron chi connectivity index (χ1n) is 8.41. The van der Waals surface area contributed by atoms with Gasteiger partial charge in [-0.15, -0.1) is 0 Å². The number of benzene rings is 2. The number of carbonyl (C=O) groups excluding carboxylic acids is 2. The molecule has 0 aliphatic rings. The SMILES string of the molecule is COc1ccccc1CN(C)C(=O)c1ccccc1NC(=O)c1ccco1. The summed E-state index contributed by atoms with van der Waals surface area (Å²) in [5.74, 6) is 0.278. The van der Waals surface area contributed by atoms with Gasteiger partial charge < -0.3 is 19.4 Å². The minimum Gasteiger partial charge on any atom is -0.496 e. The second kappa shape index (κ2) is 8.23. The number of hydrogen-bond acceptors (Lipinski definition) is 4. The van der Waals surface area contributed by atoms with Crippen molar-refractivity contribution in [3.63, 3.8) is 0 Å². The Morgan fingerprint density at radius 3 is 2.52 bits per heavy atom. The molecule has 2 amide bonds. The van der Waals surface area contributed by atoms with Gasteiger partial charge in [-0.3, -0.25) is 9.59 Å². The Bertz CT molecular complexity index is 935. The Labute approximate surface area is 157 Å². The van der Waals surface area contributed by atoms with E-state index < -0.39 is 5.91 Å². The summed E-state index contributed by atoms with van der Waals surface area (Å²) in [6.07, 6.45) is 1.42. The van der Waals surface area contributed by atoms with Crippen LogP contribution in [0.25, 0.3) is 0 Å². The average Bonchev–Trinajstić information content (AvgIpc) is 3.23. The monoisotopic (exact) mass is 364 g/mol. The van der Waals surface area contributed by atoms with Gasteiger partial charge in [-0.2, -0.15) is 0 Å². The number of nitrogens with one attached hydrogen (secondary N) is 1. The third kappa shape index (κ3) is 4.17. The lowest BCUT2D eigenvalue weighted by Crippen LogP contribution is -2.27. The highest BCUT2D eigenvalue weighted by Gasteiger charge is 2.19. The molecule has 0 fully saturated rings. The molecule has 1 N–H and O–H groups in total. The van der Waals surface area contributed by atoms with Gasteiger partial charge in [0.15, 0.2) is 5.76 Å². The van der Waals surface area contributed by atoms with Crippen LogP contribution in [0.5, 0.6) is 5.75 Å². The van der Waals surface area contributed by atoms with E-state index >= 15 is 0 Å². The molecule has 0 saturated heterocycles. The normalized spacial score (nSPS) is 10.3. The molecule has 0 saturated carbocycles. The number of methoxy groups -OCH3 is 1. The van der Waals surface area contributed by atoms with Crippen molar-refractivity contribution in [3.8, 4) is 5.75 Å². The molecule has 6 nitrogen and oxygen atoms in total. The lowest BCUT2D eigenvalue weighted by Gasteiger charge is -2.20. The van der Waals surface area contributed by atoms with Crippen LogP contribution in [0.4, 0.5) is 5.69 Å². The van der Waals surface area contributed by atoms with Gasteiger partial charge in [0.25, 0.3) is 11.8 Å². The molecule has 0 unspecified atom stereocenters. The predicted octanol–water partition coefficient (Wildman–Crippen LogP) is 3.81. The van der Waals surface area contributed by atoms with E-state index in [9.17, 15) is 9.59 Å². The highest BCUT2D eigenvalue weighted by molar-refractivity contribution is 6.07. The standard InChI is InChI=1S/C21H20N2O4/c1-23(14-15-8-3-6-11-18(15)26-2)21(25)16-9-4-5-10-17(16)22-20(24)19-12-7-13-27-19/h3-13H,14H2,1-2H3,(H,22,24). The number of amides is 2. The van der Waals surface area contributed by atoms with E-state index in [1.54, 1.807) is 55.5 Å². The summed E-state index contributed by atoms with van der Waals surface area (Å²) in [6, 6.07) is 17.6. The topological polar surface area (TPSA) is 71.8 Å². The Balaban J connectivity index is 1.79. The number of ether oxygens (including phenoxy) is 1. The van der Waals surface area contributed by atoms with Crippen molar-refractivity contribution in [1.29, 1.82) is 0 Å². The summed E-state index contributed by atoms with van der Waals surface area (Å²) in [5, 5.41) is 2.73. The summed E-state index contributed by atoms with van der Waals surface area (Å²) in [7, 11) is 3.31. The fraction of sp³-hybridized carbons (Fsp3) is 0.143. The first-order valence-corrected chi connectivity index (χ1v) is 8.41. The maximum absolute atomic E-state index is 12.9. The average molecular weight is 364 g/mol. The summed E-state index contributed by atoms with van der Waals surface area (Å²) in [4.78, 5) is 26.8. The van der Waals surface area contributed by atoms with Gasteiger partial charge in [0.05, 0.1) is 24.6 Å². The van der Waals surface area contributed by atoms with Crippen molar-refractivity contribution < 1.29 is 18.7 Å². The highest BCUT2D eigenvalue weighted by atomic mass is 16.5. The summed E-state index contributed by atoms with van der Waals surface area (Å²) >= 11 is 0. The number of nitrogens with zero attached hydrogens (tertiary/aromatic N) is 1. The lowest BCUT2D eigenvalue weighted by atomic mass is 10.1. The maximum atomic E-state index is 12.9. The molecule has 1 heterocycles. The second-order valence-electron chi connectivity index (χ2n) is 5.95. The molecular formula is C21H20N2O4. The molecule has 6 heteroatoms. The second-order valence-corrected chi connectivity index (χ2v) is 5.95. The van der Waals surface area contributed by atoms with Crippen LogP contribution in [-0.4, -0.2) is 30.9 Å². The van der Waals surface area contributed by atoms with Crippen LogP contribution >= 0.6 is 0 Å². The molecule has 138 valence electrons. The van der Waals surface area contributed by atoms with Crippen LogP contribution in [0.3, 0.4) is 0 Å². The minimum atomic E-state index is -0.410. The van der Waals surface area contributed by atoms with E-state index in [1.165, 1.54) is 6.26 Å². The lowest BCUT2D eigenvalue weighted by molar-refractivity contribution is 0.0785. The molecule has 0 bridgehead atoms. The zero-order valence-corrected chi connectivity index (χ0v) is 15.1.